The maximum Gasteiger partial charge on any atom is 0.276 e. The molecule has 3 aromatic rings. The number of amides is 2. The first-order chi connectivity index (χ1) is 18.6. The van der Waals surface area contributed by atoms with Crippen LogP contribution in [0.15, 0.2) is 23.1 Å². The van der Waals surface area contributed by atoms with E-state index in [9.17, 15) is 27.2 Å². The summed E-state index contributed by atoms with van der Waals surface area (Å²) >= 11 is 0. The van der Waals surface area contributed by atoms with Gasteiger partial charge < -0.3 is 10.6 Å². The molecule has 0 radical (unpaired) electrons. The molecule has 2 atom stereocenters. The number of rotatable bonds is 10. The number of hydrogen-bond acceptors (Lipinski definition) is 7. The Balaban J connectivity index is 1.40. The molecule has 0 unspecified atom stereocenters. The van der Waals surface area contributed by atoms with Gasteiger partial charge in [-0.05, 0) is 61.2 Å². The second-order valence-corrected chi connectivity index (χ2v) is 10.4. The van der Waals surface area contributed by atoms with Crippen molar-refractivity contribution in [1.82, 2.24) is 35.5 Å². The molecule has 2 fully saturated rings. The molecule has 39 heavy (non-hydrogen) atoms. The van der Waals surface area contributed by atoms with E-state index >= 15 is 0 Å². The third kappa shape index (κ3) is 6.36. The summed E-state index contributed by atoms with van der Waals surface area (Å²) in [6.07, 6.45) is 1.47. The maximum absolute atomic E-state index is 13.9. The number of fused-ring (bicyclic) bond motifs is 1. The molecule has 10 nitrogen and oxygen atoms in total. The Labute approximate surface area is 220 Å². The van der Waals surface area contributed by atoms with Crippen molar-refractivity contribution in [3.63, 3.8) is 0 Å². The van der Waals surface area contributed by atoms with E-state index < -0.39 is 36.6 Å². The van der Waals surface area contributed by atoms with Crippen LogP contribution in [0.25, 0.3) is 5.65 Å². The molecule has 0 aromatic carbocycles. The summed E-state index contributed by atoms with van der Waals surface area (Å²) in [7, 11) is 0. The molecule has 210 valence electrons. The van der Waals surface area contributed by atoms with E-state index in [-0.39, 0.29) is 55.7 Å². The fraction of sp³-hybridized carbons (Fsp3) is 0.600. The van der Waals surface area contributed by atoms with Crippen LogP contribution in [0.5, 0.6) is 0 Å². The zero-order valence-electron chi connectivity index (χ0n) is 21.2. The Hall–Kier alpha value is -3.58. The van der Waals surface area contributed by atoms with E-state index in [1.807, 2.05) is 0 Å². The van der Waals surface area contributed by atoms with Crippen molar-refractivity contribution < 1.29 is 31.8 Å². The van der Waals surface area contributed by atoms with Gasteiger partial charge in [0.15, 0.2) is 11.3 Å². The van der Waals surface area contributed by atoms with Gasteiger partial charge in [-0.2, -0.15) is 5.10 Å². The Morgan fingerprint density at radius 3 is 2.46 bits per heavy atom. The van der Waals surface area contributed by atoms with E-state index in [1.54, 1.807) is 25.4 Å². The normalized spacial score (nSPS) is 19.2. The molecular formula is C25H29F4N7O3. The fourth-order valence-corrected chi connectivity index (χ4v) is 5.09. The smallest absolute Gasteiger partial charge is 0.276 e. The van der Waals surface area contributed by atoms with Crippen LogP contribution >= 0.6 is 0 Å². The van der Waals surface area contributed by atoms with Gasteiger partial charge in [-0.1, -0.05) is 5.16 Å². The van der Waals surface area contributed by atoms with Gasteiger partial charge in [0, 0.05) is 25.7 Å². The molecule has 14 heteroatoms. The second kappa shape index (κ2) is 10.9. The SMILES string of the molecule is Cc1nonc1C(=O)N[C@H](c1cn2ncc([C@H](NC(=O)CCC(F)F)C3CC3)cc2n1)C1CCC(F)(F)CC1. The van der Waals surface area contributed by atoms with Gasteiger partial charge in [-0.25, -0.2) is 31.7 Å². The van der Waals surface area contributed by atoms with Crippen LogP contribution < -0.4 is 10.6 Å². The third-order valence-corrected chi connectivity index (χ3v) is 7.42. The van der Waals surface area contributed by atoms with Crippen LogP contribution in [0.2, 0.25) is 0 Å². The summed E-state index contributed by atoms with van der Waals surface area (Å²) in [5.41, 5.74) is 1.87. The summed E-state index contributed by atoms with van der Waals surface area (Å²) in [5, 5.41) is 17.4. The molecule has 0 bridgehead atoms. The highest BCUT2D eigenvalue weighted by Crippen LogP contribution is 2.42. The molecule has 3 heterocycles. The number of aromatic nitrogens is 5. The number of imidazole rings is 1. The van der Waals surface area contributed by atoms with Crippen molar-refractivity contribution in [2.45, 2.75) is 82.7 Å². The highest BCUT2D eigenvalue weighted by Gasteiger charge is 2.40. The molecular weight excluding hydrogens is 522 g/mol. The number of nitrogens with one attached hydrogen (secondary N) is 2. The zero-order chi connectivity index (χ0) is 27.7. The van der Waals surface area contributed by atoms with Crippen LogP contribution in [-0.2, 0) is 4.79 Å². The molecule has 0 aliphatic heterocycles. The monoisotopic (exact) mass is 551 g/mol. The molecule has 2 amide bonds. The molecule has 2 aliphatic rings. The first-order valence-corrected chi connectivity index (χ1v) is 13.0. The van der Waals surface area contributed by atoms with Crippen molar-refractivity contribution in [2.24, 2.45) is 11.8 Å². The van der Waals surface area contributed by atoms with Crippen LogP contribution in [0.1, 0.15) is 90.9 Å². The van der Waals surface area contributed by atoms with E-state index in [1.165, 1.54) is 4.52 Å². The number of hydrogen-bond donors (Lipinski definition) is 2. The molecule has 5 rings (SSSR count). The average Bonchev–Trinajstić information content (AvgIpc) is 3.50. The van der Waals surface area contributed by atoms with Gasteiger partial charge in [0.05, 0.1) is 30.2 Å². The van der Waals surface area contributed by atoms with Gasteiger partial charge in [0.25, 0.3) is 5.91 Å². The van der Waals surface area contributed by atoms with Gasteiger partial charge in [-0.15, -0.1) is 0 Å². The van der Waals surface area contributed by atoms with Crippen molar-refractivity contribution in [3.8, 4) is 0 Å². The molecule has 2 N–H and O–H groups in total. The van der Waals surface area contributed by atoms with Crippen molar-refractivity contribution in [3.05, 3.63) is 41.1 Å². The number of carbonyl (C=O) groups excluding carboxylic acids is 2. The number of alkyl halides is 4. The minimum Gasteiger partial charge on any atom is -0.349 e. The molecule has 2 saturated carbocycles. The summed E-state index contributed by atoms with van der Waals surface area (Å²) in [6, 6.07) is 0.682. The second-order valence-electron chi connectivity index (χ2n) is 10.4. The molecule has 3 aromatic heterocycles. The van der Waals surface area contributed by atoms with Gasteiger partial charge >= 0.3 is 0 Å². The Bertz CT molecular complexity index is 1330. The van der Waals surface area contributed by atoms with Gasteiger partial charge in [-0.3, -0.25) is 9.59 Å². The van der Waals surface area contributed by atoms with E-state index in [0.29, 0.717) is 22.6 Å². The Kier molecular flexibility index (Phi) is 7.54. The number of halogens is 4. The summed E-state index contributed by atoms with van der Waals surface area (Å²) < 4.78 is 59.0. The highest BCUT2D eigenvalue weighted by atomic mass is 19.3. The number of carbonyl (C=O) groups is 2. The summed E-state index contributed by atoms with van der Waals surface area (Å²) in [4.78, 5) is 29.9. The zero-order valence-corrected chi connectivity index (χ0v) is 21.2. The average molecular weight is 552 g/mol. The van der Waals surface area contributed by atoms with Crippen LogP contribution in [-0.4, -0.2) is 49.1 Å². The lowest BCUT2D eigenvalue weighted by Gasteiger charge is -2.33. The first-order valence-electron chi connectivity index (χ1n) is 13.0. The van der Waals surface area contributed by atoms with E-state index in [4.69, 9.17) is 0 Å². The van der Waals surface area contributed by atoms with Crippen LogP contribution in [0.4, 0.5) is 17.6 Å². The quantitative estimate of drug-likeness (QED) is 0.359. The molecule has 2 aliphatic carbocycles. The van der Waals surface area contributed by atoms with Crippen LogP contribution in [0, 0.1) is 18.8 Å². The predicted molar refractivity (Wildman–Crippen MR) is 128 cm³/mol. The number of nitrogens with zero attached hydrogens (tertiary/aromatic N) is 5. The molecule has 0 spiro atoms. The largest absolute Gasteiger partial charge is 0.349 e. The fourth-order valence-electron chi connectivity index (χ4n) is 5.09. The lowest BCUT2D eigenvalue weighted by atomic mass is 9.81. The first kappa shape index (κ1) is 27.0. The lowest BCUT2D eigenvalue weighted by Crippen LogP contribution is -2.37. The summed E-state index contributed by atoms with van der Waals surface area (Å²) in [6.45, 7) is 1.57. The summed E-state index contributed by atoms with van der Waals surface area (Å²) in [5.74, 6) is -3.88. The van der Waals surface area contributed by atoms with Crippen LogP contribution in [0.3, 0.4) is 0 Å². The van der Waals surface area contributed by atoms with E-state index in [0.717, 1.165) is 12.8 Å². The van der Waals surface area contributed by atoms with Gasteiger partial charge in [0.1, 0.15) is 5.69 Å². The van der Waals surface area contributed by atoms with Crippen molar-refractivity contribution in [2.75, 3.05) is 0 Å². The number of aryl methyl sites for hydroxylation is 1. The Morgan fingerprint density at radius 1 is 1.10 bits per heavy atom. The highest BCUT2D eigenvalue weighted by molar-refractivity contribution is 5.93. The maximum atomic E-state index is 13.9. The topological polar surface area (TPSA) is 127 Å². The minimum absolute atomic E-state index is 0.000160. The lowest BCUT2D eigenvalue weighted by molar-refractivity contribution is -0.122. The Morgan fingerprint density at radius 2 is 1.82 bits per heavy atom. The molecule has 0 saturated heterocycles. The third-order valence-electron chi connectivity index (χ3n) is 7.42. The van der Waals surface area contributed by atoms with Crippen molar-refractivity contribution >= 4 is 17.5 Å². The minimum atomic E-state index is -2.75. The van der Waals surface area contributed by atoms with E-state index in [2.05, 4.69) is 35.7 Å². The van der Waals surface area contributed by atoms with Gasteiger partial charge in [0.2, 0.25) is 18.3 Å². The standard InChI is InChI=1S/C25H29F4N7O3/c1-13-21(35-39-34-13)24(38)33-23(15-6-8-25(28,29)9-7-15)17-12-36-19(31-17)10-16(11-30-36)22(14-2-3-14)32-20(37)5-4-18(26)27/h10-12,14-15,18,22-23H,2-9H2,1H3,(H,32,37)(H,33,38)/t22-,23+/m1/s1. The van der Waals surface area contributed by atoms with Crippen molar-refractivity contribution in [1.29, 1.82) is 0 Å². The predicted octanol–water partition coefficient (Wildman–Crippen LogP) is 4.33.